The summed E-state index contributed by atoms with van der Waals surface area (Å²) in [5.41, 5.74) is 1.41. The summed E-state index contributed by atoms with van der Waals surface area (Å²) in [6.07, 6.45) is 1.14. The van der Waals surface area contributed by atoms with Gasteiger partial charge in [0, 0.05) is 16.8 Å². The van der Waals surface area contributed by atoms with E-state index in [1.807, 2.05) is 6.07 Å². The number of rotatable bonds is 1. The third-order valence-corrected chi connectivity index (χ3v) is 1.25. The molecule has 9 heavy (non-hydrogen) atoms. The smallest absolute Gasteiger partial charge is 0 e. The van der Waals surface area contributed by atoms with Crippen LogP contribution in [0, 0.1) is 0 Å². The Morgan fingerprint density at radius 1 is 1.11 bits per heavy atom. The molecular formula is C8H10Co. The van der Waals surface area contributed by atoms with Crippen molar-refractivity contribution in [1.82, 2.24) is 0 Å². The third kappa shape index (κ3) is 2.68. The minimum atomic E-state index is 0. The maximum Gasteiger partial charge on any atom is 0 e. The van der Waals surface area contributed by atoms with E-state index in [1.54, 1.807) is 0 Å². The Labute approximate surface area is 66.5 Å². The van der Waals surface area contributed by atoms with E-state index >= 15 is 0 Å². The number of aryl methyl sites for hydroxylation is 1. The zero-order chi connectivity index (χ0) is 5.82. The zero-order valence-electron chi connectivity index (χ0n) is 5.43. The van der Waals surface area contributed by atoms with Crippen LogP contribution in [0.2, 0.25) is 0 Å². The van der Waals surface area contributed by atoms with Gasteiger partial charge in [-0.2, -0.15) is 0 Å². The average Bonchev–Trinajstić information content (AvgIpc) is 1.90. The molecule has 0 aliphatic carbocycles. The summed E-state index contributed by atoms with van der Waals surface area (Å²) in [6.45, 7) is 2.16. The van der Waals surface area contributed by atoms with E-state index in [-0.39, 0.29) is 16.8 Å². The molecule has 0 N–H and O–H groups in total. The summed E-state index contributed by atoms with van der Waals surface area (Å²) in [6, 6.07) is 10.5. The van der Waals surface area contributed by atoms with Crippen molar-refractivity contribution >= 4 is 0 Å². The Morgan fingerprint density at radius 2 is 1.67 bits per heavy atom. The van der Waals surface area contributed by atoms with E-state index in [0.29, 0.717) is 0 Å². The summed E-state index contributed by atoms with van der Waals surface area (Å²) in [4.78, 5) is 0. The van der Waals surface area contributed by atoms with Gasteiger partial charge in [-0.3, -0.25) is 0 Å². The molecule has 0 unspecified atom stereocenters. The van der Waals surface area contributed by atoms with Gasteiger partial charge in [0.05, 0.1) is 0 Å². The molecular weight excluding hydrogens is 155 g/mol. The predicted octanol–water partition coefficient (Wildman–Crippen LogP) is 2.25. The van der Waals surface area contributed by atoms with Gasteiger partial charge in [0.2, 0.25) is 0 Å². The summed E-state index contributed by atoms with van der Waals surface area (Å²) in [5, 5.41) is 0. The van der Waals surface area contributed by atoms with Gasteiger partial charge in [-0.15, -0.1) is 0 Å². The first-order valence-electron chi connectivity index (χ1n) is 2.97. The molecule has 51 valence electrons. The van der Waals surface area contributed by atoms with Crippen LogP contribution in [0.25, 0.3) is 0 Å². The molecule has 0 nitrogen and oxygen atoms in total. The van der Waals surface area contributed by atoms with Crippen LogP contribution in [-0.2, 0) is 23.2 Å². The van der Waals surface area contributed by atoms with Crippen LogP contribution in [0.3, 0.4) is 0 Å². The Balaban J connectivity index is 0.000000640. The summed E-state index contributed by atoms with van der Waals surface area (Å²) in [5.74, 6) is 0. The zero-order valence-corrected chi connectivity index (χ0v) is 6.47. The fourth-order valence-corrected chi connectivity index (χ4v) is 0.714. The van der Waals surface area contributed by atoms with Crippen LogP contribution in [0.5, 0.6) is 0 Å². The van der Waals surface area contributed by atoms with E-state index in [9.17, 15) is 0 Å². The molecule has 0 saturated heterocycles. The van der Waals surface area contributed by atoms with Crippen molar-refractivity contribution in [3.05, 3.63) is 35.9 Å². The van der Waals surface area contributed by atoms with Gasteiger partial charge < -0.3 is 0 Å². The Bertz CT molecular complexity index is 146. The minimum Gasteiger partial charge on any atom is -0.0622 e. The van der Waals surface area contributed by atoms with Crippen LogP contribution in [-0.4, -0.2) is 0 Å². The molecule has 1 rings (SSSR count). The summed E-state index contributed by atoms with van der Waals surface area (Å²) < 4.78 is 0. The maximum absolute atomic E-state index is 2.16. The Morgan fingerprint density at radius 3 is 2.00 bits per heavy atom. The van der Waals surface area contributed by atoms with Crippen LogP contribution >= 0.6 is 0 Å². The first-order valence-corrected chi connectivity index (χ1v) is 2.97. The normalized spacial score (nSPS) is 8.11. The van der Waals surface area contributed by atoms with Gasteiger partial charge in [0.1, 0.15) is 0 Å². The van der Waals surface area contributed by atoms with Crippen LogP contribution in [0.4, 0.5) is 0 Å². The van der Waals surface area contributed by atoms with Crippen molar-refractivity contribution in [1.29, 1.82) is 0 Å². The molecule has 1 aromatic carbocycles. The van der Waals surface area contributed by atoms with E-state index < -0.39 is 0 Å². The van der Waals surface area contributed by atoms with Crippen molar-refractivity contribution in [3.63, 3.8) is 0 Å². The fourth-order valence-electron chi connectivity index (χ4n) is 0.714. The Kier molecular flexibility index (Phi) is 4.45. The van der Waals surface area contributed by atoms with Crippen molar-refractivity contribution < 1.29 is 16.8 Å². The van der Waals surface area contributed by atoms with E-state index in [0.717, 1.165) is 6.42 Å². The molecule has 0 atom stereocenters. The first kappa shape index (κ1) is 8.73. The number of hydrogen-bond donors (Lipinski definition) is 0. The average molecular weight is 165 g/mol. The molecule has 0 bridgehead atoms. The second-order valence-electron chi connectivity index (χ2n) is 1.84. The van der Waals surface area contributed by atoms with Crippen LogP contribution in [0.15, 0.2) is 30.3 Å². The first-order chi connectivity index (χ1) is 3.93. The van der Waals surface area contributed by atoms with Crippen molar-refractivity contribution in [2.45, 2.75) is 13.3 Å². The van der Waals surface area contributed by atoms with Gasteiger partial charge in [-0.1, -0.05) is 37.3 Å². The molecule has 1 radical (unpaired) electrons. The van der Waals surface area contributed by atoms with Crippen molar-refractivity contribution in [2.24, 2.45) is 0 Å². The molecule has 0 saturated carbocycles. The summed E-state index contributed by atoms with van der Waals surface area (Å²) in [7, 11) is 0. The van der Waals surface area contributed by atoms with Gasteiger partial charge in [0.15, 0.2) is 0 Å². The molecule has 0 heterocycles. The third-order valence-electron chi connectivity index (χ3n) is 1.25. The van der Waals surface area contributed by atoms with Gasteiger partial charge in [0.25, 0.3) is 0 Å². The predicted molar refractivity (Wildman–Crippen MR) is 35.8 cm³/mol. The van der Waals surface area contributed by atoms with Gasteiger partial charge >= 0.3 is 0 Å². The maximum atomic E-state index is 2.16. The molecule has 0 aliphatic rings. The topological polar surface area (TPSA) is 0 Å². The minimum absolute atomic E-state index is 0. The monoisotopic (exact) mass is 165 g/mol. The molecule has 0 aliphatic heterocycles. The number of benzene rings is 1. The van der Waals surface area contributed by atoms with Crippen molar-refractivity contribution in [3.8, 4) is 0 Å². The quantitative estimate of drug-likeness (QED) is 0.598. The van der Waals surface area contributed by atoms with E-state index in [2.05, 4.69) is 31.2 Å². The van der Waals surface area contributed by atoms with Gasteiger partial charge in [-0.05, 0) is 12.0 Å². The fraction of sp³-hybridized carbons (Fsp3) is 0.250. The molecule has 0 fully saturated rings. The van der Waals surface area contributed by atoms with Crippen LogP contribution < -0.4 is 0 Å². The van der Waals surface area contributed by atoms with Gasteiger partial charge in [-0.25, -0.2) is 0 Å². The van der Waals surface area contributed by atoms with E-state index in [1.165, 1.54) is 5.56 Å². The second kappa shape index (κ2) is 4.59. The SMILES string of the molecule is CCc1ccccc1.[Co]. The molecule has 0 spiro atoms. The van der Waals surface area contributed by atoms with E-state index in [4.69, 9.17) is 0 Å². The molecule has 0 amide bonds. The second-order valence-corrected chi connectivity index (χ2v) is 1.84. The standard InChI is InChI=1S/C8H10.Co/c1-2-8-6-4-3-5-7-8;/h3-7H,2H2,1H3;. The van der Waals surface area contributed by atoms with Crippen LogP contribution in [0.1, 0.15) is 12.5 Å². The van der Waals surface area contributed by atoms with Crippen molar-refractivity contribution in [2.75, 3.05) is 0 Å². The largest absolute Gasteiger partial charge is 0.0622 e. The summed E-state index contributed by atoms with van der Waals surface area (Å²) >= 11 is 0. The number of hydrogen-bond acceptors (Lipinski definition) is 0. The molecule has 1 aromatic rings. The molecule has 0 aromatic heterocycles. The Hall–Kier alpha value is -0.274. The molecule has 1 heteroatoms.